The van der Waals surface area contributed by atoms with Gasteiger partial charge in [0.2, 0.25) is 11.7 Å². The molecule has 1 aromatic heterocycles. The highest BCUT2D eigenvalue weighted by molar-refractivity contribution is 5.71. The lowest BCUT2D eigenvalue weighted by molar-refractivity contribution is -0.143. The van der Waals surface area contributed by atoms with Gasteiger partial charge in [0.25, 0.3) is 0 Å². The van der Waals surface area contributed by atoms with Crippen LogP contribution in [0.25, 0.3) is 0 Å². The van der Waals surface area contributed by atoms with Crippen molar-refractivity contribution < 1.29 is 19.2 Å². The molecule has 1 aromatic rings. The first-order valence-corrected chi connectivity index (χ1v) is 7.72. The van der Waals surface area contributed by atoms with E-state index < -0.39 is 17.5 Å². The normalized spacial score (nSPS) is 25.5. The lowest BCUT2D eigenvalue weighted by Crippen LogP contribution is -2.28. The monoisotopic (exact) mass is 296 g/mol. The van der Waals surface area contributed by atoms with Crippen LogP contribution in [0, 0.1) is 5.92 Å². The molecule has 0 saturated heterocycles. The van der Waals surface area contributed by atoms with E-state index in [1.54, 1.807) is 0 Å². The molecule has 1 N–H and O–H groups in total. The van der Waals surface area contributed by atoms with Crippen LogP contribution in [0.5, 0.6) is 0 Å². The van der Waals surface area contributed by atoms with Crippen LogP contribution < -0.4 is 0 Å². The Balaban J connectivity index is 2.23. The molecule has 6 heteroatoms. The molecule has 1 heterocycles. The Bertz CT molecular complexity index is 488. The highest BCUT2D eigenvalue weighted by Gasteiger charge is 2.38. The lowest BCUT2D eigenvalue weighted by atomic mass is 9.79. The first-order valence-electron chi connectivity index (χ1n) is 7.72. The topological polar surface area (TPSA) is 85.5 Å². The number of hydrogen-bond acceptors (Lipinski definition) is 5. The molecule has 1 saturated carbocycles. The maximum atomic E-state index is 11.4. The molecule has 1 fully saturated rings. The third-order valence-corrected chi connectivity index (χ3v) is 4.45. The van der Waals surface area contributed by atoms with Crippen molar-refractivity contribution in [1.29, 1.82) is 0 Å². The molecule has 1 aliphatic carbocycles. The minimum Gasteiger partial charge on any atom is -0.481 e. The average Bonchev–Trinajstić information content (AvgIpc) is 2.97. The van der Waals surface area contributed by atoms with Crippen LogP contribution in [0.4, 0.5) is 0 Å². The fourth-order valence-electron chi connectivity index (χ4n) is 2.97. The second-order valence-corrected chi connectivity index (χ2v) is 5.81. The molecule has 2 rings (SSSR count). The van der Waals surface area contributed by atoms with Crippen LogP contribution in [0.1, 0.15) is 70.5 Å². The van der Waals surface area contributed by atoms with Crippen molar-refractivity contribution in [3.63, 3.8) is 0 Å². The number of aromatic nitrogens is 2. The Morgan fingerprint density at radius 2 is 2.14 bits per heavy atom. The van der Waals surface area contributed by atoms with Crippen LogP contribution in [0.15, 0.2) is 4.52 Å². The number of rotatable bonds is 6. The summed E-state index contributed by atoms with van der Waals surface area (Å²) in [4.78, 5) is 15.8. The van der Waals surface area contributed by atoms with Gasteiger partial charge in [-0.2, -0.15) is 4.98 Å². The standard InChI is InChI=1S/C15H24N2O4/c1-4-15(3,20-5-2)14-16-12(21-17-14)10-8-6-7-9-11(10)13(18)19/h10-11H,4-9H2,1-3H3,(H,18,19). The van der Waals surface area contributed by atoms with Gasteiger partial charge in [-0.15, -0.1) is 0 Å². The van der Waals surface area contributed by atoms with Gasteiger partial charge in [0.05, 0.1) is 11.8 Å². The van der Waals surface area contributed by atoms with E-state index in [0.717, 1.165) is 25.7 Å². The van der Waals surface area contributed by atoms with Gasteiger partial charge in [-0.3, -0.25) is 4.79 Å². The van der Waals surface area contributed by atoms with E-state index in [2.05, 4.69) is 10.1 Å². The van der Waals surface area contributed by atoms with E-state index in [-0.39, 0.29) is 5.92 Å². The average molecular weight is 296 g/mol. The number of carboxylic acid groups (broad SMARTS) is 1. The number of carbonyl (C=O) groups is 1. The van der Waals surface area contributed by atoms with Gasteiger partial charge in [-0.05, 0) is 33.1 Å². The Morgan fingerprint density at radius 1 is 1.43 bits per heavy atom. The predicted octanol–water partition coefficient (Wildman–Crippen LogP) is 3.09. The van der Waals surface area contributed by atoms with Crippen molar-refractivity contribution in [2.24, 2.45) is 5.92 Å². The summed E-state index contributed by atoms with van der Waals surface area (Å²) < 4.78 is 11.1. The van der Waals surface area contributed by atoms with Gasteiger partial charge in [0.15, 0.2) is 0 Å². The Morgan fingerprint density at radius 3 is 2.76 bits per heavy atom. The minimum atomic E-state index is -0.775. The largest absolute Gasteiger partial charge is 0.481 e. The van der Waals surface area contributed by atoms with Crippen molar-refractivity contribution >= 4 is 5.97 Å². The number of ether oxygens (including phenoxy) is 1. The van der Waals surface area contributed by atoms with Gasteiger partial charge < -0.3 is 14.4 Å². The van der Waals surface area contributed by atoms with Gasteiger partial charge in [-0.1, -0.05) is 24.9 Å². The zero-order valence-electron chi connectivity index (χ0n) is 13.0. The molecule has 118 valence electrons. The minimum absolute atomic E-state index is 0.180. The first kappa shape index (κ1) is 15.9. The van der Waals surface area contributed by atoms with Crippen LogP contribution in [-0.2, 0) is 15.1 Å². The van der Waals surface area contributed by atoms with E-state index >= 15 is 0 Å². The van der Waals surface area contributed by atoms with Gasteiger partial charge in [-0.25, -0.2) is 0 Å². The molecule has 0 aliphatic heterocycles. The summed E-state index contributed by atoms with van der Waals surface area (Å²) >= 11 is 0. The molecule has 0 aromatic carbocycles. The molecule has 6 nitrogen and oxygen atoms in total. The fourth-order valence-corrected chi connectivity index (χ4v) is 2.97. The summed E-state index contributed by atoms with van der Waals surface area (Å²) in [5.74, 6) is -0.428. The zero-order valence-corrected chi connectivity index (χ0v) is 13.0. The predicted molar refractivity (Wildman–Crippen MR) is 75.9 cm³/mol. The summed E-state index contributed by atoms with van der Waals surface area (Å²) in [6, 6.07) is 0. The SMILES string of the molecule is CCOC(C)(CC)c1noc(C2CCCCC2C(=O)O)n1. The molecular weight excluding hydrogens is 272 g/mol. The molecule has 3 unspecified atom stereocenters. The maximum Gasteiger partial charge on any atom is 0.307 e. The number of hydrogen-bond donors (Lipinski definition) is 1. The van der Waals surface area contributed by atoms with Crippen LogP contribution in [0.2, 0.25) is 0 Å². The summed E-state index contributed by atoms with van der Waals surface area (Å²) in [7, 11) is 0. The van der Waals surface area contributed by atoms with Gasteiger partial charge in [0.1, 0.15) is 5.60 Å². The maximum absolute atomic E-state index is 11.4. The Kier molecular flexibility index (Phi) is 4.98. The second kappa shape index (κ2) is 6.56. The zero-order chi connectivity index (χ0) is 15.5. The highest BCUT2D eigenvalue weighted by Crippen LogP contribution is 2.38. The van der Waals surface area contributed by atoms with Gasteiger partial charge in [0, 0.05) is 6.61 Å². The number of aliphatic carboxylic acids is 1. The van der Waals surface area contributed by atoms with Crippen molar-refractivity contribution in [1.82, 2.24) is 10.1 Å². The molecule has 0 radical (unpaired) electrons. The summed E-state index contributed by atoms with van der Waals surface area (Å²) in [6.07, 6.45) is 4.14. The van der Waals surface area contributed by atoms with E-state index in [0.29, 0.717) is 24.7 Å². The molecule has 0 spiro atoms. The van der Waals surface area contributed by atoms with Crippen molar-refractivity contribution in [3.05, 3.63) is 11.7 Å². The third-order valence-electron chi connectivity index (χ3n) is 4.45. The third kappa shape index (κ3) is 3.26. The first-order chi connectivity index (χ1) is 10.0. The Hall–Kier alpha value is -1.43. The van der Waals surface area contributed by atoms with Crippen molar-refractivity contribution in [3.8, 4) is 0 Å². The molecule has 1 aliphatic rings. The van der Waals surface area contributed by atoms with E-state index in [1.165, 1.54) is 0 Å². The van der Waals surface area contributed by atoms with Crippen LogP contribution in [0.3, 0.4) is 0 Å². The lowest BCUT2D eigenvalue weighted by Gasteiger charge is -2.26. The van der Waals surface area contributed by atoms with E-state index in [1.807, 2.05) is 20.8 Å². The van der Waals surface area contributed by atoms with E-state index in [9.17, 15) is 9.90 Å². The van der Waals surface area contributed by atoms with Crippen LogP contribution >= 0.6 is 0 Å². The van der Waals surface area contributed by atoms with Crippen molar-refractivity contribution in [2.45, 2.75) is 64.4 Å². The van der Waals surface area contributed by atoms with Crippen LogP contribution in [-0.4, -0.2) is 27.8 Å². The fraction of sp³-hybridized carbons (Fsp3) is 0.800. The quantitative estimate of drug-likeness (QED) is 0.868. The molecule has 0 amide bonds. The van der Waals surface area contributed by atoms with E-state index in [4.69, 9.17) is 9.26 Å². The molecule has 0 bridgehead atoms. The molecule has 3 atom stereocenters. The summed E-state index contributed by atoms with van der Waals surface area (Å²) in [6.45, 7) is 6.43. The van der Waals surface area contributed by atoms with Crippen molar-refractivity contribution in [2.75, 3.05) is 6.61 Å². The van der Waals surface area contributed by atoms with Gasteiger partial charge >= 0.3 is 5.97 Å². The number of carboxylic acids is 1. The summed E-state index contributed by atoms with van der Waals surface area (Å²) in [5, 5.41) is 13.4. The molecule has 21 heavy (non-hydrogen) atoms. The highest BCUT2D eigenvalue weighted by atomic mass is 16.5. The summed E-state index contributed by atoms with van der Waals surface area (Å²) in [5.41, 5.74) is -0.579. The smallest absolute Gasteiger partial charge is 0.307 e. The Labute approximate surface area is 124 Å². The molecular formula is C15H24N2O4. The second-order valence-electron chi connectivity index (χ2n) is 5.81. The number of nitrogens with zero attached hydrogens (tertiary/aromatic N) is 2.